The van der Waals surface area contributed by atoms with Crippen LogP contribution in [-0.2, 0) is 17.4 Å². The molecule has 0 saturated carbocycles. The Labute approximate surface area is 192 Å². The summed E-state index contributed by atoms with van der Waals surface area (Å²) in [6, 6.07) is 13.4. The van der Waals surface area contributed by atoms with Gasteiger partial charge in [-0.2, -0.15) is 13.2 Å². The maximum Gasteiger partial charge on any atom is 0.417 e. The molecule has 172 valence electrons. The van der Waals surface area contributed by atoms with Gasteiger partial charge in [-0.25, -0.2) is 4.98 Å². The number of carbonyl (C=O) groups is 2. The van der Waals surface area contributed by atoms with Crippen molar-refractivity contribution in [3.05, 3.63) is 82.5 Å². The van der Waals surface area contributed by atoms with Crippen molar-refractivity contribution in [3.8, 4) is 11.5 Å². The highest BCUT2D eigenvalue weighted by atomic mass is 35.5. The molecular formula is C23H19ClF3N3O3. The largest absolute Gasteiger partial charge is 0.457 e. The quantitative estimate of drug-likeness (QED) is 0.472. The van der Waals surface area contributed by atoms with Crippen molar-refractivity contribution < 1.29 is 27.5 Å². The molecule has 1 aromatic heterocycles. The molecule has 0 aliphatic carbocycles. The van der Waals surface area contributed by atoms with Crippen LogP contribution in [0.5, 0.6) is 11.5 Å². The molecule has 10 heteroatoms. The van der Waals surface area contributed by atoms with E-state index in [1.54, 1.807) is 30.3 Å². The number of benzene rings is 2. The third-order valence-corrected chi connectivity index (χ3v) is 4.73. The smallest absolute Gasteiger partial charge is 0.417 e. The lowest BCUT2D eigenvalue weighted by molar-refractivity contribution is -0.137. The second-order valence-electron chi connectivity index (χ2n) is 7.01. The van der Waals surface area contributed by atoms with Crippen LogP contribution in [0, 0.1) is 0 Å². The summed E-state index contributed by atoms with van der Waals surface area (Å²) < 4.78 is 44.8. The number of hydrogen-bond donors (Lipinski definition) is 2. The number of alkyl halides is 3. The van der Waals surface area contributed by atoms with Crippen molar-refractivity contribution in [2.45, 2.75) is 19.5 Å². The van der Waals surface area contributed by atoms with Crippen molar-refractivity contribution in [2.24, 2.45) is 0 Å². The van der Waals surface area contributed by atoms with E-state index in [9.17, 15) is 22.8 Å². The zero-order chi connectivity index (χ0) is 24.0. The second kappa shape index (κ2) is 10.4. The molecule has 0 radical (unpaired) electrons. The maximum atomic E-state index is 13.0. The van der Waals surface area contributed by atoms with E-state index < -0.39 is 22.7 Å². The molecule has 3 aromatic rings. The maximum absolute atomic E-state index is 13.0. The summed E-state index contributed by atoms with van der Waals surface area (Å²) in [5, 5.41) is 4.71. The van der Waals surface area contributed by atoms with Crippen LogP contribution in [0.15, 0.2) is 60.8 Å². The number of carbonyl (C=O) groups excluding carboxylic acids is 2. The highest BCUT2D eigenvalue weighted by molar-refractivity contribution is 6.31. The molecule has 2 N–H and O–H groups in total. The average molecular weight is 478 g/mol. The van der Waals surface area contributed by atoms with Crippen LogP contribution in [-0.4, -0.2) is 23.3 Å². The Hall–Kier alpha value is -3.59. The fourth-order valence-electron chi connectivity index (χ4n) is 2.93. The van der Waals surface area contributed by atoms with Gasteiger partial charge < -0.3 is 15.4 Å². The van der Waals surface area contributed by atoms with Crippen molar-refractivity contribution in [1.82, 2.24) is 10.3 Å². The Morgan fingerprint density at radius 2 is 1.82 bits per heavy atom. The highest BCUT2D eigenvalue weighted by Crippen LogP contribution is 2.35. The number of nitrogens with one attached hydrogen (secondary N) is 2. The molecule has 2 amide bonds. The van der Waals surface area contributed by atoms with Gasteiger partial charge in [-0.05, 0) is 48.4 Å². The van der Waals surface area contributed by atoms with Crippen LogP contribution in [0.2, 0.25) is 5.02 Å². The lowest BCUT2D eigenvalue weighted by Crippen LogP contribution is -2.26. The molecule has 0 aliphatic heterocycles. The first-order chi connectivity index (χ1) is 15.6. The number of aromatic nitrogens is 1. The molecule has 0 spiro atoms. The van der Waals surface area contributed by atoms with E-state index in [1.165, 1.54) is 19.2 Å². The molecule has 1 heterocycles. The summed E-state index contributed by atoms with van der Waals surface area (Å²) in [5.74, 6) is 0.479. The van der Waals surface area contributed by atoms with Crippen LogP contribution < -0.4 is 15.4 Å². The van der Waals surface area contributed by atoms with Crippen molar-refractivity contribution in [1.29, 1.82) is 0 Å². The molecule has 6 nitrogen and oxygen atoms in total. The Kier molecular flexibility index (Phi) is 7.55. The predicted octanol–water partition coefficient (Wildman–Crippen LogP) is 5.48. The molecule has 3 rings (SSSR count). The molecule has 0 bridgehead atoms. The first-order valence-corrected chi connectivity index (χ1v) is 10.1. The first-order valence-electron chi connectivity index (χ1n) is 9.77. The number of ether oxygens (including phenoxy) is 1. The zero-order valence-electron chi connectivity index (χ0n) is 17.4. The fourth-order valence-corrected chi connectivity index (χ4v) is 3.15. The summed E-state index contributed by atoms with van der Waals surface area (Å²) in [6.07, 6.45) is -2.72. The van der Waals surface area contributed by atoms with E-state index in [0.29, 0.717) is 23.7 Å². The van der Waals surface area contributed by atoms with Gasteiger partial charge in [0.1, 0.15) is 17.3 Å². The third kappa shape index (κ3) is 6.95. The topological polar surface area (TPSA) is 80.3 Å². The van der Waals surface area contributed by atoms with Gasteiger partial charge >= 0.3 is 6.18 Å². The number of rotatable bonds is 7. The number of halogens is 4. The van der Waals surface area contributed by atoms with Crippen LogP contribution in [0.4, 0.5) is 19.0 Å². The number of pyridine rings is 1. The molecule has 0 atom stereocenters. The molecule has 0 aliphatic rings. The van der Waals surface area contributed by atoms with E-state index in [0.717, 1.165) is 17.7 Å². The molecule has 33 heavy (non-hydrogen) atoms. The number of nitrogens with zero attached hydrogens (tertiary/aromatic N) is 1. The monoisotopic (exact) mass is 477 g/mol. The molecule has 0 fully saturated rings. The Bertz CT molecular complexity index is 1170. The Balaban J connectivity index is 1.59. The Morgan fingerprint density at radius 1 is 1.06 bits per heavy atom. The molecule has 0 saturated heterocycles. The van der Waals surface area contributed by atoms with Crippen molar-refractivity contribution in [2.75, 3.05) is 11.9 Å². The number of hydrogen-bond acceptors (Lipinski definition) is 4. The summed E-state index contributed by atoms with van der Waals surface area (Å²) >= 11 is 5.59. The van der Waals surface area contributed by atoms with E-state index in [2.05, 4.69) is 15.6 Å². The van der Waals surface area contributed by atoms with Crippen molar-refractivity contribution in [3.63, 3.8) is 0 Å². The van der Waals surface area contributed by atoms with Crippen molar-refractivity contribution >= 4 is 29.2 Å². The van der Waals surface area contributed by atoms with E-state index in [4.69, 9.17) is 16.3 Å². The van der Waals surface area contributed by atoms with E-state index in [-0.39, 0.29) is 18.0 Å². The van der Waals surface area contributed by atoms with Crippen LogP contribution in [0.25, 0.3) is 0 Å². The van der Waals surface area contributed by atoms with E-state index >= 15 is 0 Å². The lowest BCUT2D eigenvalue weighted by atomic mass is 10.1. The number of amides is 2. The third-order valence-electron chi connectivity index (χ3n) is 4.40. The summed E-state index contributed by atoms with van der Waals surface area (Å²) in [5.41, 5.74) is -0.341. The molecule has 2 aromatic carbocycles. The van der Waals surface area contributed by atoms with Crippen LogP contribution >= 0.6 is 11.6 Å². The van der Waals surface area contributed by atoms with E-state index in [1.807, 2.05) is 6.07 Å². The number of anilines is 1. The van der Waals surface area contributed by atoms with Gasteiger partial charge in [-0.1, -0.05) is 23.7 Å². The normalized spacial score (nSPS) is 11.1. The summed E-state index contributed by atoms with van der Waals surface area (Å²) in [6.45, 7) is 1.58. The van der Waals surface area contributed by atoms with Gasteiger partial charge in [-0.3, -0.25) is 9.59 Å². The predicted molar refractivity (Wildman–Crippen MR) is 118 cm³/mol. The summed E-state index contributed by atoms with van der Waals surface area (Å²) in [7, 11) is 0. The second-order valence-corrected chi connectivity index (χ2v) is 7.41. The van der Waals surface area contributed by atoms with Gasteiger partial charge in [-0.15, -0.1) is 0 Å². The lowest BCUT2D eigenvalue weighted by Gasteiger charge is -2.11. The molecular weight excluding hydrogens is 459 g/mol. The fraction of sp³-hybridized carbons (Fsp3) is 0.174. The Morgan fingerprint density at radius 3 is 2.55 bits per heavy atom. The van der Waals surface area contributed by atoms with Gasteiger partial charge in [0.15, 0.2) is 0 Å². The van der Waals surface area contributed by atoms with Crippen LogP contribution in [0.1, 0.15) is 28.4 Å². The minimum Gasteiger partial charge on any atom is -0.457 e. The van der Waals surface area contributed by atoms with Gasteiger partial charge in [0, 0.05) is 31.3 Å². The minimum absolute atomic E-state index is 0.128. The van der Waals surface area contributed by atoms with Gasteiger partial charge in [0.25, 0.3) is 5.91 Å². The van der Waals surface area contributed by atoms with Gasteiger partial charge in [0.05, 0.1) is 10.6 Å². The van der Waals surface area contributed by atoms with Gasteiger partial charge in [0.2, 0.25) is 5.91 Å². The summed E-state index contributed by atoms with van der Waals surface area (Å²) in [4.78, 5) is 27.4. The van der Waals surface area contributed by atoms with Crippen LogP contribution in [0.3, 0.4) is 0 Å². The SMILES string of the molecule is CC(=O)Nc1cc(Oc2cccc(CCNC(=O)c3ccc(Cl)c(C(F)(F)F)c3)c2)ccn1. The average Bonchev–Trinajstić information content (AvgIpc) is 2.73. The standard InChI is InChI=1S/C23H19ClF3N3O3/c1-14(31)30-21-13-18(8-10-28-21)33-17-4-2-3-15(11-17)7-9-29-22(32)16-5-6-20(24)19(12-16)23(25,26)27/h2-6,8,10-13H,7,9H2,1H3,(H,29,32)(H,28,30,31). The first kappa shape index (κ1) is 24.1. The zero-order valence-corrected chi connectivity index (χ0v) is 18.1. The highest BCUT2D eigenvalue weighted by Gasteiger charge is 2.33. The molecule has 0 unspecified atom stereocenters. The minimum atomic E-state index is -4.65.